The fourth-order valence-electron chi connectivity index (χ4n) is 1.78. The van der Waals surface area contributed by atoms with Crippen LogP contribution in [0.3, 0.4) is 0 Å². The third kappa shape index (κ3) is 3.79. The molecule has 0 radical (unpaired) electrons. The Labute approximate surface area is 128 Å². The SMILES string of the molecule is COc1cc(Cl)c(C)cc1NC(=O)Nc1ccc(N)cc1. The predicted molar refractivity (Wildman–Crippen MR) is 86.2 cm³/mol. The van der Waals surface area contributed by atoms with Crippen LogP contribution in [0.15, 0.2) is 36.4 Å². The lowest BCUT2D eigenvalue weighted by atomic mass is 10.2. The summed E-state index contributed by atoms with van der Waals surface area (Å²) < 4.78 is 5.20. The number of carbonyl (C=O) groups excluding carboxylic acids is 1. The Hall–Kier alpha value is -2.40. The molecule has 0 heterocycles. The maximum Gasteiger partial charge on any atom is 0.323 e. The summed E-state index contributed by atoms with van der Waals surface area (Å²) in [4.78, 5) is 12.0. The van der Waals surface area contributed by atoms with Gasteiger partial charge < -0.3 is 21.1 Å². The lowest BCUT2D eigenvalue weighted by molar-refractivity contribution is 0.262. The van der Waals surface area contributed by atoms with Crippen LogP contribution in [0.2, 0.25) is 5.02 Å². The van der Waals surface area contributed by atoms with Gasteiger partial charge in [-0.25, -0.2) is 4.79 Å². The molecule has 21 heavy (non-hydrogen) atoms. The van der Waals surface area contributed by atoms with Crippen LogP contribution < -0.4 is 21.1 Å². The van der Waals surface area contributed by atoms with Gasteiger partial charge in [0.25, 0.3) is 0 Å². The van der Waals surface area contributed by atoms with Crippen molar-refractivity contribution in [2.75, 3.05) is 23.5 Å². The van der Waals surface area contributed by atoms with Gasteiger partial charge in [-0.3, -0.25) is 0 Å². The highest BCUT2D eigenvalue weighted by atomic mass is 35.5. The molecule has 0 saturated carbocycles. The molecule has 0 fully saturated rings. The number of hydrogen-bond donors (Lipinski definition) is 3. The van der Waals surface area contributed by atoms with Crippen LogP contribution in [0.1, 0.15) is 5.56 Å². The molecule has 0 saturated heterocycles. The molecule has 2 aromatic carbocycles. The number of benzene rings is 2. The first-order chi connectivity index (χ1) is 9.99. The van der Waals surface area contributed by atoms with Gasteiger partial charge in [0.1, 0.15) is 5.75 Å². The van der Waals surface area contributed by atoms with Crippen LogP contribution in [0.4, 0.5) is 21.9 Å². The molecule has 6 heteroatoms. The van der Waals surface area contributed by atoms with Crippen molar-refractivity contribution in [3.63, 3.8) is 0 Å². The Kier molecular flexibility index (Phi) is 4.55. The van der Waals surface area contributed by atoms with Crippen molar-refractivity contribution in [2.24, 2.45) is 0 Å². The number of halogens is 1. The third-order valence-electron chi connectivity index (χ3n) is 2.90. The lowest BCUT2D eigenvalue weighted by Gasteiger charge is -2.13. The number of aryl methyl sites for hydroxylation is 1. The average molecular weight is 306 g/mol. The normalized spacial score (nSPS) is 10.0. The molecular formula is C15H16ClN3O2. The largest absolute Gasteiger partial charge is 0.495 e. The third-order valence-corrected chi connectivity index (χ3v) is 3.30. The zero-order valence-electron chi connectivity index (χ0n) is 11.7. The minimum atomic E-state index is -0.375. The highest BCUT2D eigenvalue weighted by Gasteiger charge is 2.10. The molecule has 0 bridgehead atoms. The standard InChI is InChI=1S/C15H16ClN3O2/c1-9-7-13(14(21-2)8-12(9)16)19-15(20)18-11-5-3-10(17)4-6-11/h3-8H,17H2,1-2H3,(H2,18,19,20). The first kappa shape index (κ1) is 15.0. The van der Waals surface area contributed by atoms with E-state index in [0.717, 1.165) is 5.56 Å². The summed E-state index contributed by atoms with van der Waals surface area (Å²) in [7, 11) is 1.52. The Bertz CT molecular complexity index is 657. The van der Waals surface area contributed by atoms with Crippen molar-refractivity contribution in [2.45, 2.75) is 6.92 Å². The quantitative estimate of drug-likeness (QED) is 0.753. The number of ether oxygens (including phenoxy) is 1. The number of nitrogens with two attached hydrogens (primary N) is 1. The van der Waals surface area contributed by atoms with E-state index in [1.807, 2.05) is 6.92 Å². The van der Waals surface area contributed by atoms with E-state index in [1.54, 1.807) is 36.4 Å². The van der Waals surface area contributed by atoms with E-state index in [1.165, 1.54) is 7.11 Å². The molecule has 0 aromatic heterocycles. The van der Waals surface area contributed by atoms with Crippen LogP contribution in [0.25, 0.3) is 0 Å². The van der Waals surface area contributed by atoms with Crippen molar-refractivity contribution in [3.8, 4) is 5.75 Å². The topological polar surface area (TPSA) is 76.4 Å². The maximum atomic E-state index is 12.0. The second-order valence-corrected chi connectivity index (χ2v) is 4.91. The van der Waals surface area contributed by atoms with Gasteiger partial charge in [-0.15, -0.1) is 0 Å². The summed E-state index contributed by atoms with van der Waals surface area (Å²) in [6, 6.07) is 9.91. The summed E-state index contributed by atoms with van der Waals surface area (Å²) in [5, 5.41) is 6.02. The van der Waals surface area contributed by atoms with Gasteiger partial charge >= 0.3 is 6.03 Å². The second kappa shape index (κ2) is 6.37. The van der Waals surface area contributed by atoms with Gasteiger partial charge in [0, 0.05) is 22.5 Å². The number of hydrogen-bond acceptors (Lipinski definition) is 3. The van der Waals surface area contributed by atoms with Crippen molar-refractivity contribution in [1.29, 1.82) is 0 Å². The average Bonchev–Trinajstić information content (AvgIpc) is 2.45. The van der Waals surface area contributed by atoms with Gasteiger partial charge in [-0.1, -0.05) is 11.6 Å². The smallest absolute Gasteiger partial charge is 0.323 e. The summed E-state index contributed by atoms with van der Waals surface area (Å²) in [6.07, 6.45) is 0. The van der Waals surface area contributed by atoms with Gasteiger partial charge in [0.2, 0.25) is 0 Å². The molecule has 0 aliphatic rings. The summed E-state index contributed by atoms with van der Waals surface area (Å²) in [5.41, 5.74) is 8.27. The zero-order valence-corrected chi connectivity index (χ0v) is 12.5. The van der Waals surface area contributed by atoms with Crippen molar-refractivity contribution in [3.05, 3.63) is 47.0 Å². The maximum absolute atomic E-state index is 12.0. The fraction of sp³-hybridized carbons (Fsp3) is 0.133. The van der Waals surface area contributed by atoms with Crippen LogP contribution in [0.5, 0.6) is 5.75 Å². The highest BCUT2D eigenvalue weighted by molar-refractivity contribution is 6.31. The Morgan fingerprint density at radius 2 is 1.86 bits per heavy atom. The predicted octanol–water partition coefficient (Wildman–Crippen LogP) is 3.88. The summed E-state index contributed by atoms with van der Waals surface area (Å²) in [6.45, 7) is 1.85. The summed E-state index contributed by atoms with van der Waals surface area (Å²) >= 11 is 6.03. The van der Waals surface area contributed by atoms with Gasteiger partial charge in [0.15, 0.2) is 0 Å². The molecule has 2 amide bonds. The molecule has 0 unspecified atom stereocenters. The van der Waals surface area contributed by atoms with Crippen LogP contribution in [-0.2, 0) is 0 Å². The molecule has 4 N–H and O–H groups in total. The number of methoxy groups -OCH3 is 1. The minimum absolute atomic E-state index is 0.375. The van der Waals surface area contributed by atoms with E-state index in [0.29, 0.717) is 27.8 Å². The Morgan fingerprint density at radius 1 is 1.19 bits per heavy atom. The van der Waals surface area contributed by atoms with E-state index in [4.69, 9.17) is 22.1 Å². The molecule has 110 valence electrons. The number of anilines is 3. The van der Waals surface area contributed by atoms with E-state index >= 15 is 0 Å². The first-order valence-corrected chi connectivity index (χ1v) is 6.65. The minimum Gasteiger partial charge on any atom is -0.495 e. The molecule has 0 aliphatic carbocycles. The number of nitrogen functional groups attached to an aromatic ring is 1. The van der Waals surface area contributed by atoms with E-state index in [2.05, 4.69) is 10.6 Å². The fourth-order valence-corrected chi connectivity index (χ4v) is 1.93. The molecular weight excluding hydrogens is 290 g/mol. The Balaban J connectivity index is 2.12. The number of amides is 2. The lowest BCUT2D eigenvalue weighted by Crippen LogP contribution is -2.19. The number of carbonyl (C=O) groups is 1. The van der Waals surface area contributed by atoms with E-state index in [9.17, 15) is 4.79 Å². The van der Waals surface area contributed by atoms with E-state index < -0.39 is 0 Å². The van der Waals surface area contributed by atoms with Crippen LogP contribution >= 0.6 is 11.6 Å². The van der Waals surface area contributed by atoms with Gasteiger partial charge in [-0.05, 0) is 42.8 Å². The summed E-state index contributed by atoms with van der Waals surface area (Å²) in [5.74, 6) is 0.498. The van der Waals surface area contributed by atoms with E-state index in [-0.39, 0.29) is 6.03 Å². The molecule has 0 atom stereocenters. The number of urea groups is 1. The zero-order chi connectivity index (χ0) is 15.4. The molecule has 5 nitrogen and oxygen atoms in total. The highest BCUT2D eigenvalue weighted by Crippen LogP contribution is 2.31. The van der Waals surface area contributed by atoms with Gasteiger partial charge in [-0.2, -0.15) is 0 Å². The molecule has 2 rings (SSSR count). The molecule has 0 aliphatic heterocycles. The molecule has 2 aromatic rings. The number of nitrogens with one attached hydrogen (secondary N) is 2. The van der Waals surface area contributed by atoms with Crippen LogP contribution in [0, 0.1) is 6.92 Å². The van der Waals surface area contributed by atoms with Crippen molar-refractivity contribution in [1.82, 2.24) is 0 Å². The second-order valence-electron chi connectivity index (χ2n) is 4.50. The van der Waals surface area contributed by atoms with Crippen LogP contribution in [-0.4, -0.2) is 13.1 Å². The molecule has 0 spiro atoms. The van der Waals surface area contributed by atoms with Gasteiger partial charge in [0.05, 0.1) is 12.8 Å². The van der Waals surface area contributed by atoms with Crippen molar-refractivity contribution >= 4 is 34.7 Å². The Morgan fingerprint density at radius 3 is 2.48 bits per heavy atom. The monoisotopic (exact) mass is 305 g/mol. The number of rotatable bonds is 3. The first-order valence-electron chi connectivity index (χ1n) is 6.27. The van der Waals surface area contributed by atoms with Crippen molar-refractivity contribution < 1.29 is 9.53 Å².